The summed E-state index contributed by atoms with van der Waals surface area (Å²) < 4.78 is 0. The third-order valence-corrected chi connectivity index (χ3v) is 6.43. The van der Waals surface area contributed by atoms with Gasteiger partial charge in [-0.1, -0.05) is 66.7 Å². The molecule has 1 aliphatic heterocycles. The summed E-state index contributed by atoms with van der Waals surface area (Å²) in [6.45, 7) is 5.98. The molecule has 4 aromatic rings. The van der Waals surface area contributed by atoms with E-state index in [0.717, 1.165) is 35.2 Å². The molecule has 2 amide bonds. The molecule has 0 spiro atoms. The molecular formula is C30H27N3O2. The minimum Gasteiger partial charge on any atom is -0.372 e. The van der Waals surface area contributed by atoms with Gasteiger partial charge in [0.1, 0.15) is 5.70 Å². The van der Waals surface area contributed by atoms with Crippen molar-refractivity contribution in [1.82, 2.24) is 0 Å². The zero-order chi connectivity index (χ0) is 24.4. The summed E-state index contributed by atoms with van der Waals surface area (Å²) in [5.74, 6) is -0.697. The maximum absolute atomic E-state index is 13.7. The van der Waals surface area contributed by atoms with E-state index in [-0.39, 0.29) is 17.5 Å². The molecule has 0 unspecified atom stereocenters. The fourth-order valence-electron chi connectivity index (χ4n) is 4.62. The standard InChI is InChI=1S/C30H27N3O2/c1-3-32(4-2)23-17-19-24(20-18-23)33-29(34)27(22-12-6-5-7-13-22)28(30(33)35)31-26-16-10-14-21-11-8-9-15-25(21)26/h5-20,31H,3-4H2,1-2H3. The molecule has 1 heterocycles. The lowest BCUT2D eigenvalue weighted by Gasteiger charge is -2.22. The van der Waals surface area contributed by atoms with Crippen molar-refractivity contribution in [2.24, 2.45) is 0 Å². The highest BCUT2D eigenvalue weighted by molar-refractivity contribution is 6.46. The monoisotopic (exact) mass is 461 g/mol. The van der Waals surface area contributed by atoms with E-state index in [1.807, 2.05) is 97.1 Å². The van der Waals surface area contributed by atoms with Crippen LogP contribution in [0.2, 0.25) is 0 Å². The van der Waals surface area contributed by atoms with Crippen LogP contribution in [0.4, 0.5) is 17.1 Å². The second-order valence-corrected chi connectivity index (χ2v) is 8.40. The number of benzene rings is 4. The predicted molar refractivity (Wildman–Crippen MR) is 143 cm³/mol. The van der Waals surface area contributed by atoms with Gasteiger partial charge in [-0.15, -0.1) is 0 Å². The van der Waals surface area contributed by atoms with E-state index in [1.165, 1.54) is 4.90 Å². The fraction of sp³-hybridized carbons (Fsp3) is 0.133. The van der Waals surface area contributed by atoms with Gasteiger partial charge in [-0.05, 0) is 55.1 Å². The molecule has 174 valence electrons. The van der Waals surface area contributed by atoms with Gasteiger partial charge in [0, 0.05) is 29.9 Å². The van der Waals surface area contributed by atoms with Crippen LogP contribution in [0.15, 0.2) is 103 Å². The molecule has 0 radical (unpaired) electrons. The Morgan fingerprint density at radius 1 is 0.714 bits per heavy atom. The SMILES string of the molecule is CCN(CC)c1ccc(N2C(=O)C(Nc3cccc4ccccc34)=C(c3ccccc3)C2=O)cc1. The van der Waals surface area contributed by atoms with Crippen LogP contribution in [-0.4, -0.2) is 24.9 Å². The number of carbonyl (C=O) groups excluding carboxylic acids is 2. The van der Waals surface area contributed by atoms with Crippen LogP contribution < -0.4 is 15.1 Å². The molecule has 35 heavy (non-hydrogen) atoms. The Hall–Kier alpha value is -4.38. The normalized spacial score (nSPS) is 13.6. The maximum atomic E-state index is 13.7. The first-order valence-corrected chi connectivity index (χ1v) is 11.9. The van der Waals surface area contributed by atoms with Gasteiger partial charge in [0.25, 0.3) is 11.8 Å². The summed E-state index contributed by atoms with van der Waals surface area (Å²) in [4.78, 5) is 30.9. The summed E-state index contributed by atoms with van der Waals surface area (Å²) in [5.41, 5.74) is 3.76. The Labute approximate surface area is 205 Å². The molecule has 0 aliphatic carbocycles. The van der Waals surface area contributed by atoms with Crippen LogP contribution >= 0.6 is 0 Å². The molecule has 5 heteroatoms. The second-order valence-electron chi connectivity index (χ2n) is 8.40. The van der Waals surface area contributed by atoms with E-state index in [2.05, 4.69) is 24.1 Å². The van der Waals surface area contributed by atoms with Crippen molar-refractivity contribution in [3.63, 3.8) is 0 Å². The average molecular weight is 462 g/mol. The number of nitrogens with zero attached hydrogens (tertiary/aromatic N) is 2. The van der Waals surface area contributed by atoms with Crippen LogP contribution in [0, 0.1) is 0 Å². The number of nitrogens with one attached hydrogen (secondary N) is 1. The smallest absolute Gasteiger partial charge is 0.282 e. The lowest BCUT2D eigenvalue weighted by Crippen LogP contribution is -2.32. The van der Waals surface area contributed by atoms with E-state index in [1.54, 1.807) is 0 Å². The number of anilines is 3. The van der Waals surface area contributed by atoms with Gasteiger partial charge < -0.3 is 10.2 Å². The van der Waals surface area contributed by atoms with Gasteiger partial charge in [-0.2, -0.15) is 0 Å². The number of hydrogen-bond acceptors (Lipinski definition) is 4. The van der Waals surface area contributed by atoms with Crippen LogP contribution in [0.25, 0.3) is 16.3 Å². The van der Waals surface area contributed by atoms with E-state index in [9.17, 15) is 9.59 Å². The quantitative estimate of drug-likeness (QED) is 0.339. The van der Waals surface area contributed by atoms with Crippen molar-refractivity contribution in [2.45, 2.75) is 13.8 Å². The number of hydrogen-bond donors (Lipinski definition) is 1. The van der Waals surface area contributed by atoms with Gasteiger partial charge in [0.2, 0.25) is 0 Å². The van der Waals surface area contributed by atoms with Crippen LogP contribution in [0.3, 0.4) is 0 Å². The minimum atomic E-state index is -0.364. The van der Waals surface area contributed by atoms with E-state index in [4.69, 9.17) is 0 Å². The molecule has 1 N–H and O–H groups in total. The number of imide groups is 1. The zero-order valence-electron chi connectivity index (χ0n) is 19.9. The summed E-state index contributed by atoms with van der Waals surface area (Å²) >= 11 is 0. The molecule has 0 aromatic heterocycles. The van der Waals surface area contributed by atoms with Crippen LogP contribution in [0.5, 0.6) is 0 Å². The molecule has 0 atom stereocenters. The van der Waals surface area contributed by atoms with Crippen LogP contribution in [0.1, 0.15) is 19.4 Å². The van der Waals surface area contributed by atoms with Gasteiger partial charge in [-0.3, -0.25) is 9.59 Å². The predicted octanol–water partition coefficient (Wildman–Crippen LogP) is 6.08. The highest BCUT2D eigenvalue weighted by Gasteiger charge is 2.40. The Kier molecular flexibility index (Phi) is 6.06. The first kappa shape index (κ1) is 22.4. The van der Waals surface area contributed by atoms with Crippen molar-refractivity contribution in [2.75, 3.05) is 28.2 Å². The maximum Gasteiger partial charge on any atom is 0.282 e. The van der Waals surface area contributed by atoms with Crippen molar-refractivity contribution in [1.29, 1.82) is 0 Å². The molecule has 4 aromatic carbocycles. The summed E-state index contributed by atoms with van der Waals surface area (Å²) in [5, 5.41) is 5.36. The first-order valence-electron chi connectivity index (χ1n) is 11.9. The number of carbonyl (C=O) groups is 2. The second kappa shape index (κ2) is 9.47. The Morgan fingerprint density at radius 3 is 2.09 bits per heavy atom. The fourth-order valence-corrected chi connectivity index (χ4v) is 4.62. The molecule has 5 nitrogen and oxygen atoms in total. The average Bonchev–Trinajstić information content (AvgIpc) is 3.15. The molecule has 5 rings (SSSR count). The molecule has 0 fully saturated rings. The van der Waals surface area contributed by atoms with E-state index in [0.29, 0.717) is 16.8 Å². The largest absolute Gasteiger partial charge is 0.372 e. The summed E-state index contributed by atoms with van der Waals surface area (Å²) in [6.07, 6.45) is 0. The lowest BCUT2D eigenvalue weighted by molar-refractivity contribution is -0.120. The zero-order valence-corrected chi connectivity index (χ0v) is 19.9. The number of fused-ring (bicyclic) bond motifs is 1. The van der Waals surface area contributed by atoms with E-state index < -0.39 is 0 Å². The van der Waals surface area contributed by atoms with Gasteiger partial charge >= 0.3 is 0 Å². The van der Waals surface area contributed by atoms with Gasteiger partial charge in [0.05, 0.1) is 11.3 Å². The van der Waals surface area contributed by atoms with E-state index >= 15 is 0 Å². The van der Waals surface area contributed by atoms with Crippen LogP contribution in [-0.2, 0) is 9.59 Å². The van der Waals surface area contributed by atoms with Crippen molar-refractivity contribution < 1.29 is 9.59 Å². The number of amides is 2. The molecule has 0 saturated carbocycles. The van der Waals surface area contributed by atoms with Gasteiger partial charge in [0.15, 0.2) is 0 Å². The first-order chi connectivity index (χ1) is 17.1. The molecule has 0 saturated heterocycles. The molecule has 1 aliphatic rings. The highest BCUT2D eigenvalue weighted by Crippen LogP contribution is 2.35. The Bertz CT molecular complexity index is 1420. The Balaban J connectivity index is 1.57. The highest BCUT2D eigenvalue weighted by atomic mass is 16.2. The molecule has 0 bridgehead atoms. The summed E-state index contributed by atoms with van der Waals surface area (Å²) in [6, 6.07) is 30.8. The minimum absolute atomic E-state index is 0.283. The van der Waals surface area contributed by atoms with Crippen molar-refractivity contribution >= 4 is 45.2 Å². The summed E-state index contributed by atoms with van der Waals surface area (Å²) in [7, 11) is 0. The third kappa shape index (κ3) is 4.06. The molecular weight excluding hydrogens is 434 g/mol. The van der Waals surface area contributed by atoms with Crippen molar-refractivity contribution in [3.05, 3.63) is 108 Å². The third-order valence-electron chi connectivity index (χ3n) is 6.43. The Morgan fingerprint density at radius 2 is 1.37 bits per heavy atom. The van der Waals surface area contributed by atoms with Crippen molar-refractivity contribution in [3.8, 4) is 0 Å². The van der Waals surface area contributed by atoms with Gasteiger partial charge in [-0.25, -0.2) is 4.90 Å². The number of rotatable bonds is 7. The topological polar surface area (TPSA) is 52.6 Å². The lowest BCUT2D eigenvalue weighted by atomic mass is 10.0.